The number of rotatable bonds is 1. The molecule has 4 nitrogen and oxygen atoms in total. The number of amides is 1. The monoisotopic (exact) mass is 412 g/mol. The van der Waals surface area contributed by atoms with Crippen molar-refractivity contribution in [2.24, 2.45) is 0 Å². The molecule has 7 heteroatoms. The van der Waals surface area contributed by atoms with E-state index in [2.05, 4.69) is 26.6 Å². The number of thiophene rings is 1. The molecule has 1 aromatic heterocycles. The molecule has 0 bridgehead atoms. The third-order valence-electron chi connectivity index (χ3n) is 4.32. The molecule has 1 amide bonds. The van der Waals surface area contributed by atoms with E-state index in [1.807, 2.05) is 0 Å². The van der Waals surface area contributed by atoms with Crippen LogP contribution >= 0.6 is 38.9 Å². The van der Waals surface area contributed by atoms with Gasteiger partial charge in [0.25, 0.3) is 5.91 Å². The number of halogens is 2. The molecule has 1 aliphatic carbocycles. The lowest BCUT2D eigenvalue weighted by molar-refractivity contribution is 0.0935. The molecule has 2 aromatic rings. The molecular formula is C16H14BrClN2O2S. The smallest absolute Gasteiger partial charge is 0.256 e. The highest BCUT2D eigenvalue weighted by Gasteiger charge is 2.33. The summed E-state index contributed by atoms with van der Waals surface area (Å²) in [7, 11) is 0. The summed E-state index contributed by atoms with van der Waals surface area (Å²) in [6, 6.07) is 3.29. The number of fused-ring (bicyclic) bond motifs is 3. The van der Waals surface area contributed by atoms with Gasteiger partial charge in [0.1, 0.15) is 16.9 Å². The average Bonchev–Trinajstić information content (AvgIpc) is 2.89. The van der Waals surface area contributed by atoms with Gasteiger partial charge in [-0.05, 0) is 59.3 Å². The van der Waals surface area contributed by atoms with Crippen LogP contribution in [-0.4, -0.2) is 11.0 Å². The Morgan fingerprint density at radius 2 is 2.04 bits per heavy atom. The molecule has 23 heavy (non-hydrogen) atoms. The molecule has 1 aromatic carbocycles. The highest BCUT2D eigenvalue weighted by atomic mass is 79.9. The third-order valence-corrected chi connectivity index (χ3v) is 6.36. The van der Waals surface area contributed by atoms with Crippen LogP contribution in [0.15, 0.2) is 16.6 Å². The lowest BCUT2D eigenvalue weighted by Gasteiger charge is -2.27. The minimum atomic E-state index is -0.495. The minimum Gasteiger partial charge on any atom is -0.506 e. The van der Waals surface area contributed by atoms with Gasteiger partial charge in [0.2, 0.25) is 0 Å². The first-order valence-corrected chi connectivity index (χ1v) is 9.43. The van der Waals surface area contributed by atoms with Crippen molar-refractivity contribution in [1.29, 1.82) is 0 Å². The van der Waals surface area contributed by atoms with Crippen LogP contribution in [0.5, 0.6) is 5.75 Å². The summed E-state index contributed by atoms with van der Waals surface area (Å²) in [5.41, 5.74) is 2.52. The van der Waals surface area contributed by atoms with Crippen molar-refractivity contribution >= 4 is 49.8 Å². The van der Waals surface area contributed by atoms with E-state index in [1.54, 1.807) is 23.5 Å². The number of aromatic hydroxyl groups is 1. The molecular weight excluding hydrogens is 400 g/mol. The molecule has 0 radical (unpaired) electrons. The fourth-order valence-electron chi connectivity index (χ4n) is 3.24. The number of aryl methyl sites for hydroxylation is 1. The fourth-order valence-corrected chi connectivity index (χ4v) is 5.39. The maximum absolute atomic E-state index is 12.6. The number of carbonyl (C=O) groups is 1. The van der Waals surface area contributed by atoms with E-state index in [-0.39, 0.29) is 11.7 Å². The van der Waals surface area contributed by atoms with Crippen LogP contribution in [0, 0.1) is 0 Å². The van der Waals surface area contributed by atoms with Gasteiger partial charge in [-0.25, -0.2) is 0 Å². The maximum Gasteiger partial charge on any atom is 0.256 e. The second kappa shape index (κ2) is 5.69. The van der Waals surface area contributed by atoms with Crippen LogP contribution in [0.3, 0.4) is 0 Å². The summed E-state index contributed by atoms with van der Waals surface area (Å²) >= 11 is 11.0. The standard InChI is InChI=1S/C16H14BrClN2O2S/c17-10-6-7(18)5-9(13(10)21)14-19-15(22)12-8-3-1-2-4-11(8)23-16(12)20-14/h5-6,14,20-21H,1-4H2,(H,19,22). The van der Waals surface area contributed by atoms with E-state index in [0.29, 0.717) is 15.1 Å². The Hall–Kier alpha value is -1.24. The lowest BCUT2D eigenvalue weighted by Crippen LogP contribution is -2.38. The van der Waals surface area contributed by atoms with Gasteiger partial charge in [0.05, 0.1) is 10.0 Å². The zero-order valence-corrected chi connectivity index (χ0v) is 15.2. The topological polar surface area (TPSA) is 61.4 Å². The number of carbonyl (C=O) groups excluding carboxylic acids is 1. The van der Waals surface area contributed by atoms with Crippen molar-refractivity contribution in [2.75, 3.05) is 5.32 Å². The number of hydrogen-bond donors (Lipinski definition) is 3. The van der Waals surface area contributed by atoms with Crippen LogP contribution in [0.25, 0.3) is 0 Å². The van der Waals surface area contributed by atoms with Gasteiger partial charge in [-0.15, -0.1) is 11.3 Å². The molecule has 0 saturated carbocycles. The van der Waals surface area contributed by atoms with E-state index < -0.39 is 6.17 Å². The molecule has 3 N–H and O–H groups in total. The van der Waals surface area contributed by atoms with Crippen molar-refractivity contribution in [1.82, 2.24) is 5.32 Å². The molecule has 0 spiro atoms. The summed E-state index contributed by atoms with van der Waals surface area (Å²) < 4.78 is 0.507. The SMILES string of the molecule is O=C1NC(c2cc(Cl)cc(Br)c2O)Nc2sc3c(c21)CCCC3. The molecule has 0 fully saturated rings. The van der Waals surface area contributed by atoms with Crippen molar-refractivity contribution in [3.8, 4) is 5.75 Å². The second-order valence-corrected chi connectivity index (χ2v) is 8.19. The van der Waals surface area contributed by atoms with Gasteiger partial charge in [-0.3, -0.25) is 4.79 Å². The van der Waals surface area contributed by atoms with Crippen LogP contribution in [-0.2, 0) is 12.8 Å². The zero-order chi connectivity index (χ0) is 16.1. The second-order valence-electron chi connectivity index (χ2n) is 5.79. The first kappa shape index (κ1) is 15.3. The molecule has 2 aliphatic rings. The molecule has 0 saturated heterocycles. The van der Waals surface area contributed by atoms with Gasteiger partial charge in [-0.2, -0.15) is 0 Å². The Balaban J connectivity index is 1.76. The Kier molecular flexibility index (Phi) is 3.78. The summed E-state index contributed by atoms with van der Waals surface area (Å²) in [5, 5.41) is 17.9. The number of benzene rings is 1. The Bertz CT molecular complexity index is 821. The van der Waals surface area contributed by atoms with E-state index >= 15 is 0 Å². The van der Waals surface area contributed by atoms with Crippen molar-refractivity contribution in [3.63, 3.8) is 0 Å². The van der Waals surface area contributed by atoms with Gasteiger partial charge in [0, 0.05) is 15.5 Å². The highest BCUT2D eigenvalue weighted by molar-refractivity contribution is 9.10. The highest BCUT2D eigenvalue weighted by Crippen LogP contribution is 2.43. The molecule has 2 heterocycles. The van der Waals surface area contributed by atoms with Gasteiger partial charge < -0.3 is 15.7 Å². The predicted octanol–water partition coefficient (Wildman–Crippen LogP) is 4.60. The van der Waals surface area contributed by atoms with Gasteiger partial charge in [0.15, 0.2) is 0 Å². The zero-order valence-electron chi connectivity index (χ0n) is 12.1. The summed E-state index contributed by atoms with van der Waals surface area (Å²) in [6.45, 7) is 0. The lowest BCUT2D eigenvalue weighted by atomic mass is 9.94. The average molecular weight is 414 g/mol. The summed E-state index contributed by atoms with van der Waals surface area (Å²) in [5.74, 6) is -0.00406. The van der Waals surface area contributed by atoms with Crippen LogP contribution in [0.4, 0.5) is 5.00 Å². The predicted molar refractivity (Wildman–Crippen MR) is 95.6 cm³/mol. The largest absolute Gasteiger partial charge is 0.506 e. The van der Waals surface area contributed by atoms with Crippen LogP contribution < -0.4 is 10.6 Å². The number of phenolic OH excluding ortho intramolecular Hbond substituents is 1. The number of nitrogens with one attached hydrogen (secondary N) is 2. The van der Waals surface area contributed by atoms with E-state index in [9.17, 15) is 9.90 Å². The molecule has 120 valence electrons. The van der Waals surface area contributed by atoms with E-state index in [0.717, 1.165) is 29.8 Å². The van der Waals surface area contributed by atoms with E-state index in [4.69, 9.17) is 11.6 Å². The Morgan fingerprint density at radius 1 is 1.26 bits per heavy atom. The van der Waals surface area contributed by atoms with E-state index in [1.165, 1.54) is 16.9 Å². The van der Waals surface area contributed by atoms with Crippen LogP contribution in [0.2, 0.25) is 5.02 Å². The number of anilines is 1. The fraction of sp³-hybridized carbons (Fsp3) is 0.312. The van der Waals surface area contributed by atoms with Crippen molar-refractivity contribution in [2.45, 2.75) is 31.8 Å². The van der Waals surface area contributed by atoms with Crippen molar-refractivity contribution < 1.29 is 9.90 Å². The normalized spacial score (nSPS) is 19.6. The van der Waals surface area contributed by atoms with Gasteiger partial charge >= 0.3 is 0 Å². The Morgan fingerprint density at radius 3 is 2.87 bits per heavy atom. The molecule has 4 rings (SSSR count). The van der Waals surface area contributed by atoms with Gasteiger partial charge in [-0.1, -0.05) is 11.6 Å². The minimum absolute atomic E-state index is 0.0805. The van der Waals surface area contributed by atoms with Crippen molar-refractivity contribution in [3.05, 3.63) is 43.2 Å². The number of hydrogen-bond acceptors (Lipinski definition) is 4. The maximum atomic E-state index is 12.6. The quantitative estimate of drug-likeness (QED) is 0.640. The number of phenols is 1. The Labute approximate surface area is 151 Å². The first-order valence-electron chi connectivity index (χ1n) is 7.44. The van der Waals surface area contributed by atoms with Crippen LogP contribution in [0.1, 0.15) is 45.4 Å². The molecule has 1 unspecified atom stereocenters. The molecule has 1 aliphatic heterocycles. The summed E-state index contributed by atoms with van der Waals surface area (Å²) in [4.78, 5) is 13.9. The molecule has 1 atom stereocenters. The summed E-state index contributed by atoms with van der Waals surface area (Å²) in [6.07, 6.45) is 3.83. The third kappa shape index (κ3) is 2.53. The first-order chi connectivity index (χ1) is 11.0.